The van der Waals surface area contributed by atoms with Crippen molar-refractivity contribution in [2.45, 2.75) is 26.3 Å². The van der Waals surface area contributed by atoms with E-state index in [1.54, 1.807) is 0 Å². The van der Waals surface area contributed by atoms with E-state index in [-0.39, 0.29) is 18.4 Å². The highest BCUT2D eigenvalue weighted by molar-refractivity contribution is 6.06. The predicted octanol–water partition coefficient (Wildman–Crippen LogP) is 2.22. The molecule has 1 fully saturated rings. The highest BCUT2D eigenvalue weighted by Gasteiger charge is 2.33. The molecule has 1 atom stereocenters. The topological polar surface area (TPSA) is 74.0 Å². The highest BCUT2D eigenvalue weighted by atomic mass is 16.5. The molecule has 7 heteroatoms. The second-order valence-corrected chi connectivity index (χ2v) is 7.47. The van der Waals surface area contributed by atoms with Gasteiger partial charge in [-0.15, -0.1) is 0 Å². The van der Waals surface area contributed by atoms with E-state index in [0.717, 1.165) is 54.4 Å². The van der Waals surface area contributed by atoms with E-state index in [1.807, 2.05) is 26.0 Å². The SMILES string of the molecule is CCNC(=O)CC1N=C(N2CCN(C)CC2)c2ccccc2-c2c(C)noc21. The van der Waals surface area contributed by atoms with Crippen LogP contribution >= 0.6 is 0 Å². The maximum absolute atomic E-state index is 12.4. The molecule has 28 heavy (non-hydrogen) atoms. The number of nitrogens with zero attached hydrogens (tertiary/aromatic N) is 4. The number of aromatic nitrogens is 1. The van der Waals surface area contributed by atoms with Gasteiger partial charge in [-0.25, -0.2) is 0 Å². The number of fused-ring (bicyclic) bond motifs is 3. The second kappa shape index (κ2) is 7.75. The number of likely N-dealkylation sites (N-methyl/N-ethyl adjacent to an activating group) is 1. The summed E-state index contributed by atoms with van der Waals surface area (Å²) in [5.74, 6) is 1.60. The van der Waals surface area contributed by atoms with Crippen molar-refractivity contribution in [2.24, 2.45) is 4.99 Å². The summed E-state index contributed by atoms with van der Waals surface area (Å²) >= 11 is 0. The normalized spacial score (nSPS) is 19.5. The molecule has 2 aromatic rings. The summed E-state index contributed by atoms with van der Waals surface area (Å²) in [6.07, 6.45) is 0.251. The first-order valence-electron chi connectivity index (χ1n) is 9.92. The van der Waals surface area contributed by atoms with Gasteiger partial charge in [-0.3, -0.25) is 9.79 Å². The molecule has 4 rings (SSSR count). The quantitative estimate of drug-likeness (QED) is 0.883. The molecule has 2 aliphatic rings. The number of hydrogen-bond acceptors (Lipinski definition) is 6. The number of amidine groups is 1. The Bertz CT molecular complexity index is 896. The highest BCUT2D eigenvalue weighted by Crippen LogP contribution is 2.40. The smallest absolute Gasteiger partial charge is 0.222 e. The van der Waals surface area contributed by atoms with Crippen LogP contribution < -0.4 is 5.32 Å². The van der Waals surface area contributed by atoms with Gasteiger partial charge in [0, 0.05) is 38.3 Å². The predicted molar refractivity (Wildman–Crippen MR) is 108 cm³/mol. The number of aryl methyl sites for hydroxylation is 1. The molecule has 1 N–H and O–H groups in total. The Balaban J connectivity index is 1.82. The van der Waals surface area contributed by atoms with Crippen molar-refractivity contribution >= 4 is 11.7 Å². The van der Waals surface area contributed by atoms with Crippen molar-refractivity contribution in [1.82, 2.24) is 20.3 Å². The van der Waals surface area contributed by atoms with Crippen LogP contribution in [0.25, 0.3) is 11.1 Å². The van der Waals surface area contributed by atoms with Gasteiger partial charge in [0.25, 0.3) is 0 Å². The van der Waals surface area contributed by atoms with Crippen LogP contribution in [0.2, 0.25) is 0 Å². The number of carbonyl (C=O) groups excluding carboxylic acids is 1. The number of piperazine rings is 1. The molecule has 0 spiro atoms. The molecule has 2 aliphatic heterocycles. The largest absolute Gasteiger partial charge is 0.358 e. The summed E-state index contributed by atoms with van der Waals surface area (Å²) in [5.41, 5.74) is 3.96. The summed E-state index contributed by atoms with van der Waals surface area (Å²) in [7, 11) is 2.14. The Morgan fingerprint density at radius 2 is 1.93 bits per heavy atom. The van der Waals surface area contributed by atoms with Gasteiger partial charge in [0.05, 0.1) is 17.7 Å². The van der Waals surface area contributed by atoms with Crippen LogP contribution in [0.1, 0.15) is 36.4 Å². The zero-order valence-corrected chi connectivity index (χ0v) is 16.7. The summed E-state index contributed by atoms with van der Waals surface area (Å²) in [5, 5.41) is 7.08. The van der Waals surface area contributed by atoms with Crippen molar-refractivity contribution in [1.29, 1.82) is 0 Å². The van der Waals surface area contributed by atoms with E-state index in [9.17, 15) is 4.79 Å². The van der Waals surface area contributed by atoms with Crippen molar-refractivity contribution in [3.05, 3.63) is 41.3 Å². The average molecular weight is 381 g/mol. The van der Waals surface area contributed by atoms with Gasteiger partial charge in [0.2, 0.25) is 5.91 Å². The third kappa shape index (κ3) is 3.42. The lowest BCUT2D eigenvalue weighted by Gasteiger charge is -2.35. The van der Waals surface area contributed by atoms with Crippen LogP contribution in [-0.2, 0) is 4.79 Å². The molecule has 1 aromatic heterocycles. The van der Waals surface area contributed by atoms with Gasteiger partial charge in [-0.05, 0) is 26.5 Å². The molecule has 3 heterocycles. The first kappa shape index (κ1) is 18.7. The molecular weight excluding hydrogens is 354 g/mol. The zero-order valence-electron chi connectivity index (χ0n) is 16.7. The minimum atomic E-state index is -0.384. The number of rotatable bonds is 3. The Morgan fingerprint density at radius 3 is 2.64 bits per heavy atom. The molecule has 0 saturated carbocycles. The first-order valence-corrected chi connectivity index (χ1v) is 9.92. The van der Waals surface area contributed by atoms with Gasteiger partial charge in [-0.2, -0.15) is 0 Å². The Hall–Kier alpha value is -2.67. The lowest BCUT2D eigenvalue weighted by atomic mass is 9.96. The van der Waals surface area contributed by atoms with Gasteiger partial charge < -0.3 is 19.6 Å². The third-order valence-corrected chi connectivity index (χ3v) is 5.46. The molecule has 0 bridgehead atoms. The Labute approximate surface area is 165 Å². The Morgan fingerprint density at radius 1 is 1.21 bits per heavy atom. The molecule has 1 unspecified atom stereocenters. The van der Waals surface area contributed by atoms with Crippen LogP contribution in [0.5, 0.6) is 0 Å². The van der Waals surface area contributed by atoms with Crippen LogP contribution in [0, 0.1) is 6.92 Å². The Kier molecular flexibility index (Phi) is 5.17. The second-order valence-electron chi connectivity index (χ2n) is 7.47. The summed E-state index contributed by atoms with van der Waals surface area (Å²) in [6.45, 7) is 8.28. The van der Waals surface area contributed by atoms with Crippen LogP contribution in [-0.4, -0.2) is 66.5 Å². The van der Waals surface area contributed by atoms with Crippen LogP contribution in [0.4, 0.5) is 0 Å². The molecule has 0 radical (unpaired) electrons. The average Bonchev–Trinajstić information content (AvgIpc) is 3.01. The van der Waals surface area contributed by atoms with E-state index in [0.29, 0.717) is 12.3 Å². The van der Waals surface area contributed by atoms with Gasteiger partial charge >= 0.3 is 0 Å². The number of aliphatic imine (C=N–C) groups is 1. The summed E-state index contributed by atoms with van der Waals surface area (Å²) < 4.78 is 5.70. The zero-order chi connectivity index (χ0) is 19.7. The monoisotopic (exact) mass is 381 g/mol. The molecule has 1 amide bonds. The fourth-order valence-corrected chi connectivity index (χ4v) is 3.97. The van der Waals surface area contributed by atoms with E-state index in [1.165, 1.54) is 0 Å². The number of benzene rings is 1. The van der Waals surface area contributed by atoms with E-state index >= 15 is 0 Å². The van der Waals surface area contributed by atoms with Crippen molar-refractivity contribution < 1.29 is 9.32 Å². The molecule has 1 aromatic carbocycles. The van der Waals surface area contributed by atoms with Gasteiger partial charge in [0.1, 0.15) is 11.9 Å². The maximum atomic E-state index is 12.4. The molecular formula is C21H27N5O2. The third-order valence-electron chi connectivity index (χ3n) is 5.46. The van der Waals surface area contributed by atoms with Crippen LogP contribution in [0.3, 0.4) is 0 Å². The van der Waals surface area contributed by atoms with Crippen LogP contribution in [0.15, 0.2) is 33.8 Å². The maximum Gasteiger partial charge on any atom is 0.222 e. The molecule has 0 aliphatic carbocycles. The van der Waals surface area contributed by atoms with E-state index in [4.69, 9.17) is 9.52 Å². The molecule has 1 saturated heterocycles. The van der Waals surface area contributed by atoms with E-state index in [2.05, 4.69) is 39.5 Å². The summed E-state index contributed by atoms with van der Waals surface area (Å²) in [4.78, 5) is 22.1. The van der Waals surface area contributed by atoms with Gasteiger partial charge in [-0.1, -0.05) is 29.4 Å². The standard InChI is InChI=1S/C21H27N5O2/c1-4-22-18(27)13-17-20-19(14(2)24-28-20)15-7-5-6-8-16(15)21(23-17)26-11-9-25(3)10-12-26/h5-8,17H,4,9-13H2,1-3H3,(H,22,27). The lowest BCUT2D eigenvalue weighted by Crippen LogP contribution is -2.47. The van der Waals surface area contributed by atoms with Crippen molar-refractivity contribution in [3.63, 3.8) is 0 Å². The lowest BCUT2D eigenvalue weighted by molar-refractivity contribution is -0.121. The first-order chi connectivity index (χ1) is 13.6. The van der Waals surface area contributed by atoms with Gasteiger partial charge in [0.15, 0.2) is 5.76 Å². The molecule has 148 valence electrons. The minimum absolute atomic E-state index is 0.0278. The van der Waals surface area contributed by atoms with Crippen molar-refractivity contribution in [3.8, 4) is 11.1 Å². The molecule has 7 nitrogen and oxygen atoms in total. The summed E-state index contributed by atoms with van der Waals surface area (Å²) in [6, 6.07) is 7.89. The fraction of sp³-hybridized carbons (Fsp3) is 0.476. The fourth-order valence-electron chi connectivity index (χ4n) is 3.97. The number of hydrogen-bond donors (Lipinski definition) is 1. The number of amides is 1. The number of nitrogens with one attached hydrogen (secondary N) is 1. The van der Waals surface area contributed by atoms with E-state index < -0.39 is 0 Å². The number of carbonyl (C=O) groups is 1. The minimum Gasteiger partial charge on any atom is -0.358 e. The van der Waals surface area contributed by atoms with Crippen molar-refractivity contribution in [2.75, 3.05) is 39.8 Å².